The van der Waals surface area contributed by atoms with Crippen molar-refractivity contribution in [3.05, 3.63) is 29.8 Å². The van der Waals surface area contributed by atoms with Gasteiger partial charge in [0.15, 0.2) is 5.17 Å². The minimum atomic E-state index is -0.00278. The van der Waals surface area contributed by atoms with Crippen LogP contribution in [0.25, 0.3) is 0 Å². The van der Waals surface area contributed by atoms with Crippen molar-refractivity contribution in [2.45, 2.75) is 6.92 Å². The van der Waals surface area contributed by atoms with Gasteiger partial charge >= 0.3 is 0 Å². The number of amides is 1. The number of hydrogen-bond donors (Lipinski definition) is 2. The second-order valence-corrected chi connectivity index (χ2v) is 4.78. The van der Waals surface area contributed by atoms with E-state index in [1.54, 1.807) is 0 Å². The summed E-state index contributed by atoms with van der Waals surface area (Å²) in [6, 6.07) is 7.77. The van der Waals surface area contributed by atoms with Gasteiger partial charge in [-0.3, -0.25) is 9.79 Å². The minimum absolute atomic E-state index is 0.00278. The van der Waals surface area contributed by atoms with Crippen molar-refractivity contribution in [2.24, 2.45) is 4.99 Å². The van der Waals surface area contributed by atoms with E-state index in [0.717, 1.165) is 29.5 Å². The zero-order chi connectivity index (χ0) is 12.1. The summed E-state index contributed by atoms with van der Waals surface area (Å²) in [5, 5.41) is 6.85. The van der Waals surface area contributed by atoms with Crippen molar-refractivity contribution in [1.29, 1.82) is 0 Å². The highest BCUT2D eigenvalue weighted by Gasteiger charge is 2.09. The molecule has 1 aliphatic rings. The van der Waals surface area contributed by atoms with Crippen LogP contribution in [0.4, 0.5) is 5.69 Å². The summed E-state index contributed by atoms with van der Waals surface area (Å²) in [7, 11) is 0. The van der Waals surface area contributed by atoms with E-state index in [4.69, 9.17) is 0 Å². The molecule has 2 rings (SSSR count). The van der Waals surface area contributed by atoms with Crippen molar-refractivity contribution in [3.8, 4) is 0 Å². The smallest absolute Gasteiger partial charge is 0.234 e. The molecule has 90 valence electrons. The Kier molecular flexibility index (Phi) is 4.03. The molecule has 0 saturated carbocycles. The zero-order valence-electron chi connectivity index (χ0n) is 9.69. The molecule has 0 fully saturated rings. The van der Waals surface area contributed by atoms with Gasteiger partial charge in [0.05, 0.1) is 12.3 Å². The summed E-state index contributed by atoms with van der Waals surface area (Å²) >= 11 is 1.44. The Hall–Kier alpha value is -1.49. The molecule has 0 saturated heterocycles. The second-order valence-electron chi connectivity index (χ2n) is 3.82. The highest BCUT2D eigenvalue weighted by Crippen LogP contribution is 2.11. The maximum Gasteiger partial charge on any atom is 0.234 e. The number of aliphatic imine (C=N–C) groups is 1. The summed E-state index contributed by atoms with van der Waals surface area (Å²) in [4.78, 5) is 15.9. The molecule has 1 aromatic rings. The summed E-state index contributed by atoms with van der Waals surface area (Å²) in [6.07, 6.45) is 0. The molecule has 0 atom stereocenters. The lowest BCUT2D eigenvalue weighted by atomic mass is 10.2. The lowest BCUT2D eigenvalue weighted by Gasteiger charge is -2.05. The molecule has 5 heteroatoms. The van der Waals surface area contributed by atoms with Gasteiger partial charge < -0.3 is 10.6 Å². The van der Waals surface area contributed by atoms with Crippen LogP contribution in [0.5, 0.6) is 0 Å². The molecule has 0 aliphatic carbocycles. The van der Waals surface area contributed by atoms with Crippen LogP contribution in [0.2, 0.25) is 0 Å². The second kappa shape index (κ2) is 5.72. The molecule has 1 amide bonds. The maximum atomic E-state index is 11.7. The van der Waals surface area contributed by atoms with E-state index in [1.165, 1.54) is 11.8 Å². The third kappa shape index (κ3) is 3.78. The summed E-state index contributed by atoms with van der Waals surface area (Å²) in [5.74, 6) is 0.386. The van der Waals surface area contributed by atoms with Crippen LogP contribution in [0.15, 0.2) is 29.3 Å². The first kappa shape index (κ1) is 12.0. The van der Waals surface area contributed by atoms with Crippen LogP contribution in [0.1, 0.15) is 5.56 Å². The van der Waals surface area contributed by atoms with Crippen LogP contribution < -0.4 is 10.6 Å². The molecule has 1 aromatic carbocycles. The molecule has 0 aromatic heterocycles. The molecule has 1 heterocycles. The summed E-state index contributed by atoms with van der Waals surface area (Å²) in [6.45, 7) is 3.69. The van der Waals surface area contributed by atoms with E-state index in [2.05, 4.69) is 15.6 Å². The Bertz CT molecular complexity index is 445. The summed E-state index contributed by atoms with van der Waals surface area (Å²) < 4.78 is 0. The van der Waals surface area contributed by atoms with E-state index in [-0.39, 0.29) is 5.91 Å². The van der Waals surface area contributed by atoms with Gasteiger partial charge in [-0.2, -0.15) is 0 Å². The molecule has 0 radical (unpaired) electrons. The number of benzene rings is 1. The summed E-state index contributed by atoms with van der Waals surface area (Å²) in [5.41, 5.74) is 1.98. The number of nitrogens with one attached hydrogen (secondary N) is 2. The van der Waals surface area contributed by atoms with Gasteiger partial charge in [0.25, 0.3) is 0 Å². The minimum Gasteiger partial charge on any atom is -0.363 e. The lowest BCUT2D eigenvalue weighted by molar-refractivity contribution is -0.113. The van der Waals surface area contributed by atoms with Crippen LogP contribution in [0, 0.1) is 6.92 Å². The van der Waals surface area contributed by atoms with Gasteiger partial charge in [-0.05, 0) is 24.6 Å². The standard InChI is InChI=1S/C12H15N3OS/c1-9-3-2-4-10(7-9)15-11(16)8-17-12-13-5-6-14-12/h2-4,7H,5-6,8H2,1H3,(H,13,14)(H,15,16). The van der Waals surface area contributed by atoms with Crippen LogP contribution in [0.3, 0.4) is 0 Å². The third-order valence-electron chi connectivity index (χ3n) is 2.29. The topological polar surface area (TPSA) is 53.5 Å². The molecule has 0 bridgehead atoms. The van der Waals surface area contributed by atoms with Gasteiger partial charge in [0.2, 0.25) is 5.91 Å². The monoisotopic (exact) mass is 249 g/mol. The SMILES string of the molecule is Cc1cccc(NC(=O)CSC2=NCCN2)c1. The van der Waals surface area contributed by atoms with Gasteiger partial charge in [0.1, 0.15) is 0 Å². The molecule has 2 N–H and O–H groups in total. The third-order valence-corrected chi connectivity index (χ3v) is 3.24. The van der Waals surface area contributed by atoms with Gasteiger partial charge in [-0.1, -0.05) is 23.9 Å². The Labute approximate surface area is 105 Å². The van der Waals surface area contributed by atoms with E-state index >= 15 is 0 Å². The van der Waals surface area contributed by atoms with E-state index < -0.39 is 0 Å². The number of carbonyl (C=O) groups is 1. The van der Waals surface area contributed by atoms with Gasteiger partial charge in [-0.25, -0.2) is 0 Å². The normalized spacial score (nSPS) is 14.1. The van der Waals surface area contributed by atoms with Crippen molar-refractivity contribution < 1.29 is 4.79 Å². The number of anilines is 1. The highest BCUT2D eigenvalue weighted by atomic mass is 32.2. The predicted molar refractivity (Wildman–Crippen MR) is 72.6 cm³/mol. The van der Waals surface area contributed by atoms with E-state index in [0.29, 0.717) is 5.75 Å². The Morgan fingerprint density at radius 3 is 3.18 bits per heavy atom. The van der Waals surface area contributed by atoms with Crippen LogP contribution in [-0.4, -0.2) is 29.9 Å². The van der Waals surface area contributed by atoms with Crippen molar-refractivity contribution in [2.75, 3.05) is 24.2 Å². The molecular formula is C12H15N3OS. The number of thioether (sulfide) groups is 1. The quantitative estimate of drug-likeness (QED) is 0.856. The highest BCUT2D eigenvalue weighted by molar-refractivity contribution is 8.14. The number of amidine groups is 1. The van der Waals surface area contributed by atoms with Crippen molar-refractivity contribution in [3.63, 3.8) is 0 Å². The number of aryl methyl sites for hydroxylation is 1. The number of hydrogen-bond acceptors (Lipinski definition) is 4. The average molecular weight is 249 g/mol. The number of rotatable bonds is 3. The fourth-order valence-corrected chi connectivity index (χ4v) is 2.25. The van der Waals surface area contributed by atoms with Gasteiger partial charge in [0, 0.05) is 12.2 Å². The largest absolute Gasteiger partial charge is 0.363 e. The fourth-order valence-electron chi connectivity index (χ4n) is 1.53. The molecule has 1 aliphatic heterocycles. The molecule has 0 spiro atoms. The Morgan fingerprint density at radius 2 is 2.47 bits per heavy atom. The fraction of sp³-hybridized carbons (Fsp3) is 0.333. The average Bonchev–Trinajstić information content (AvgIpc) is 2.79. The first-order chi connectivity index (χ1) is 8.24. The molecule has 17 heavy (non-hydrogen) atoms. The van der Waals surface area contributed by atoms with E-state index in [9.17, 15) is 4.79 Å². The van der Waals surface area contributed by atoms with Gasteiger partial charge in [-0.15, -0.1) is 0 Å². The van der Waals surface area contributed by atoms with Crippen LogP contribution >= 0.6 is 11.8 Å². The molecule has 0 unspecified atom stereocenters. The maximum absolute atomic E-state index is 11.7. The van der Waals surface area contributed by atoms with E-state index in [1.807, 2.05) is 31.2 Å². The first-order valence-electron chi connectivity index (χ1n) is 5.52. The number of carbonyl (C=O) groups excluding carboxylic acids is 1. The Morgan fingerprint density at radius 1 is 1.59 bits per heavy atom. The number of nitrogens with zero attached hydrogens (tertiary/aromatic N) is 1. The molecule has 4 nitrogen and oxygen atoms in total. The van der Waals surface area contributed by atoms with Crippen LogP contribution in [-0.2, 0) is 4.79 Å². The Balaban J connectivity index is 1.80. The first-order valence-corrected chi connectivity index (χ1v) is 6.50. The zero-order valence-corrected chi connectivity index (χ0v) is 10.5. The lowest BCUT2D eigenvalue weighted by Crippen LogP contribution is -2.20. The van der Waals surface area contributed by atoms with Crippen molar-refractivity contribution in [1.82, 2.24) is 5.32 Å². The molecular weight excluding hydrogens is 234 g/mol. The van der Waals surface area contributed by atoms with Crippen molar-refractivity contribution >= 4 is 28.5 Å². The predicted octanol–water partition coefficient (Wildman–Crippen LogP) is 1.63.